The van der Waals surface area contributed by atoms with Crippen molar-refractivity contribution in [3.05, 3.63) is 35.1 Å². The van der Waals surface area contributed by atoms with E-state index in [0.717, 1.165) is 38.5 Å². The van der Waals surface area contributed by atoms with Gasteiger partial charge in [0.05, 0.1) is 12.7 Å². The third-order valence-electron chi connectivity index (χ3n) is 6.36. The summed E-state index contributed by atoms with van der Waals surface area (Å²) in [6.07, 6.45) is 5.53. The Hall–Kier alpha value is -1.91. The minimum atomic E-state index is -0.642. The molecule has 2 heterocycles. The number of rotatable bonds is 3. The second-order valence-corrected chi connectivity index (χ2v) is 8.03. The topological polar surface area (TPSA) is 46.6 Å². The summed E-state index contributed by atoms with van der Waals surface area (Å²) in [6.45, 7) is 2.06. The maximum Gasteiger partial charge on any atom is 0.340 e. The standard InChI is InChI=1S/C20H24FNO3/c1-20(8-9-20)19(24)22-13-6-7-14(22)11-12(10-13)15-4-3-5-16(17(15)21)18(23)25-2/h3-5,12-14H,6-11H2,1-2H3. The van der Waals surface area contributed by atoms with Crippen LogP contribution in [0.4, 0.5) is 4.39 Å². The minimum absolute atomic E-state index is 0.00338. The minimum Gasteiger partial charge on any atom is -0.465 e. The molecule has 2 saturated heterocycles. The van der Waals surface area contributed by atoms with E-state index in [9.17, 15) is 14.0 Å². The van der Waals surface area contributed by atoms with Gasteiger partial charge in [0.25, 0.3) is 0 Å². The molecule has 2 unspecified atom stereocenters. The monoisotopic (exact) mass is 345 g/mol. The highest BCUT2D eigenvalue weighted by molar-refractivity contribution is 5.90. The van der Waals surface area contributed by atoms with Crippen LogP contribution < -0.4 is 0 Å². The number of benzene rings is 1. The van der Waals surface area contributed by atoms with E-state index in [4.69, 9.17) is 0 Å². The summed E-state index contributed by atoms with van der Waals surface area (Å²) >= 11 is 0. The van der Waals surface area contributed by atoms with Gasteiger partial charge in [-0.2, -0.15) is 0 Å². The fraction of sp³-hybridized carbons (Fsp3) is 0.600. The molecule has 0 spiro atoms. The molecule has 5 heteroatoms. The van der Waals surface area contributed by atoms with E-state index in [-0.39, 0.29) is 29.0 Å². The highest BCUT2D eigenvalue weighted by atomic mass is 19.1. The molecular weight excluding hydrogens is 321 g/mol. The van der Waals surface area contributed by atoms with E-state index < -0.39 is 11.8 Å². The van der Waals surface area contributed by atoms with Crippen LogP contribution in [-0.4, -0.2) is 36.0 Å². The van der Waals surface area contributed by atoms with Gasteiger partial charge < -0.3 is 9.64 Å². The predicted molar refractivity (Wildman–Crippen MR) is 90.7 cm³/mol. The molecule has 3 aliphatic rings. The average molecular weight is 345 g/mol. The van der Waals surface area contributed by atoms with E-state index in [0.29, 0.717) is 11.5 Å². The van der Waals surface area contributed by atoms with Crippen molar-refractivity contribution >= 4 is 11.9 Å². The molecule has 0 radical (unpaired) electrons. The quantitative estimate of drug-likeness (QED) is 0.786. The number of carbonyl (C=O) groups excluding carboxylic acids is 2. The summed E-state index contributed by atoms with van der Waals surface area (Å²) in [5, 5.41) is 0. The van der Waals surface area contributed by atoms with Gasteiger partial charge in [-0.05, 0) is 56.1 Å². The predicted octanol–water partition coefficient (Wildman–Crippen LogP) is 3.65. The Balaban J connectivity index is 1.58. The molecule has 4 nitrogen and oxygen atoms in total. The van der Waals surface area contributed by atoms with Crippen molar-refractivity contribution in [2.75, 3.05) is 7.11 Å². The maximum absolute atomic E-state index is 14.8. The van der Waals surface area contributed by atoms with Crippen molar-refractivity contribution < 1.29 is 18.7 Å². The van der Waals surface area contributed by atoms with Crippen molar-refractivity contribution in [2.24, 2.45) is 5.41 Å². The molecular formula is C20H24FNO3. The zero-order valence-electron chi connectivity index (χ0n) is 14.8. The molecule has 1 amide bonds. The number of amides is 1. The van der Waals surface area contributed by atoms with E-state index in [1.807, 2.05) is 0 Å². The highest BCUT2D eigenvalue weighted by Gasteiger charge is 2.53. The SMILES string of the molecule is COC(=O)c1cccc(C2CC3CCC(C2)N3C(=O)C2(C)CC2)c1F. The van der Waals surface area contributed by atoms with Gasteiger partial charge in [0.1, 0.15) is 5.82 Å². The molecule has 0 N–H and O–H groups in total. The zero-order chi connectivity index (χ0) is 17.8. The summed E-state index contributed by atoms with van der Waals surface area (Å²) in [5.41, 5.74) is 0.435. The molecule has 0 aromatic heterocycles. The maximum atomic E-state index is 14.8. The molecule has 4 rings (SSSR count). The Bertz CT molecular complexity index is 714. The van der Waals surface area contributed by atoms with Gasteiger partial charge in [-0.1, -0.05) is 19.1 Å². The van der Waals surface area contributed by atoms with Gasteiger partial charge in [0, 0.05) is 17.5 Å². The Morgan fingerprint density at radius 2 is 1.84 bits per heavy atom. The number of halogens is 1. The van der Waals surface area contributed by atoms with Gasteiger partial charge in [-0.15, -0.1) is 0 Å². The normalized spacial score (nSPS) is 29.4. The molecule has 1 saturated carbocycles. The first kappa shape index (κ1) is 16.6. The number of ether oxygens (including phenoxy) is 1. The van der Waals surface area contributed by atoms with Crippen LogP contribution in [0.25, 0.3) is 0 Å². The average Bonchev–Trinajstić information content (AvgIpc) is 3.31. The van der Waals surface area contributed by atoms with Crippen molar-refractivity contribution in [3.8, 4) is 0 Å². The van der Waals surface area contributed by atoms with Crippen molar-refractivity contribution in [3.63, 3.8) is 0 Å². The second kappa shape index (κ2) is 5.82. The number of hydrogen-bond acceptors (Lipinski definition) is 3. The number of hydrogen-bond donors (Lipinski definition) is 0. The molecule has 3 fully saturated rings. The van der Waals surface area contributed by atoms with Gasteiger partial charge in [0.15, 0.2) is 0 Å². The lowest BCUT2D eigenvalue weighted by Crippen LogP contribution is -2.48. The lowest BCUT2D eigenvalue weighted by molar-refractivity contribution is -0.141. The fourth-order valence-electron chi connectivity index (χ4n) is 4.61. The molecule has 25 heavy (non-hydrogen) atoms. The van der Waals surface area contributed by atoms with Crippen LogP contribution in [0.1, 0.15) is 67.3 Å². The summed E-state index contributed by atoms with van der Waals surface area (Å²) < 4.78 is 19.5. The molecule has 134 valence electrons. The Kier molecular flexibility index (Phi) is 3.85. The van der Waals surface area contributed by atoms with Crippen molar-refractivity contribution in [2.45, 2.75) is 63.5 Å². The van der Waals surface area contributed by atoms with E-state index in [1.165, 1.54) is 13.2 Å². The molecule has 1 aliphatic carbocycles. The second-order valence-electron chi connectivity index (χ2n) is 8.03. The third kappa shape index (κ3) is 2.64. The number of carbonyl (C=O) groups is 2. The van der Waals surface area contributed by atoms with E-state index in [1.54, 1.807) is 12.1 Å². The van der Waals surface area contributed by atoms with Gasteiger partial charge in [0.2, 0.25) is 5.91 Å². The molecule has 2 aliphatic heterocycles. The lowest BCUT2D eigenvalue weighted by Gasteiger charge is -2.40. The van der Waals surface area contributed by atoms with Crippen LogP contribution in [0.2, 0.25) is 0 Å². The van der Waals surface area contributed by atoms with Gasteiger partial charge in [-0.3, -0.25) is 4.79 Å². The van der Waals surface area contributed by atoms with Gasteiger partial charge in [-0.25, -0.2) is 9.18 Å². The Labute approximate surface area is 147 Å². The first-order valence-electron chi connectivity index (χ1n) is 9.14. The van der Waals surface area contributed by atoms with Crippen LogP contribution in [0.3, 0.4) is 0 Å². The molecule has 2 bridgehead atoms. The van der Waals surface area contributed by atoms with Crippen LogP contribution in [0, 0.1) is 11.2 Å². The number of piperidine rings is 1. The molecule has 1 aromatic rings. The summed E-state index contributed by atoms with van der Waals surface area (Å²) in [6, 6.07) is 5.36. The fourth-order valence-corrected chi connectivity index (χ4v) is 4.61. The third-order valence-corrected chi connectivity index (χ3v) is 6.36. The van der Waals surface area contributed by atoms with Crippen molar-refractivity contribution in [1.82, 2.24) is 4.90 Å². The number of methoxy groups -OCH3 is 1. The summed E-state index contributed by atoms with van der Waals surface area (Å²) in [5.74, 6) is -0.760. The highest BCUT2D eigenvalue weighted by Crippen LogP contribution is 2.51. The lowest BCUT2D eigenvalue weighted by atomic mass is 9.83. The summed E-state index contributed by atoms with van der Waals surface area (Å²) in [7, 11) is 1.26. The number of esters is 1. The van der Waals surface area contributed by atoms with Crippen LogP contribution in [0.5, 0.6) is 0 Å². The first-order valence-corrected chi connectivity index (χ1v) is 9.14. The van der Waals surface area contributed by atoms with Gasteiger partial charge >= 0.3 is 5.97 Å². The van der Waals surface area contributed by atoms with E-state index in [2.05, 4.69) is 16.6 Å². The zero-order valence-corrected chi connectivity index (χ0v) is 14.8. The summed E-state index contributed by atoms with van der Waals surface area (Å²) in [4.78, 5) is 26.7. The van der Waals surface area contributed by atoms with E-state index >= 15 is 0 Å². The Morgan fingerprint density at radius 3 is 2.40 bits per heavy atom. The molecule has 2 atom stereocenters. The van der Waals surface area contributed by atoms with Crippen LogP contribution >= 0.6 is 0 Å². The van der Waals surface area contributed by atoms with Crippen LogP contribution in [0.15, 0.2) is 18.2 Å². The number of nitrogens with zero attached hydrogens (tertiary/aromatic N) is 1. The largest absolute Gasteiger partial charge is 0.465 e. The first-order chi connectivity index (χ1) is 11.9. The molecule has 1 aromatic carbocycles. The Morgan fingerprint density at radius 1 is 1.20 bits per heavy atom. The van der Waals surface area contributed by atoms with Crippen molar-refractivity contribution in [1.29, 1.82) is 0 Å². The van der Waals surface area contributed by atoms with Crippen LogP contribution in [-0.2, 0) is 9.53 Å². The smallest absolute Gasteiger partial charge is 0.340 e. The number of fused-ring (bicyclic) bond motifs is 2.